The van der Waals surface area contributed by atoms with Crippen molar-refractivity contribution < 1.29 is 4.74 Å². The summed E-state index contributed by atoms with van der Waals surface area (Å²) in [5, 5.41) is 8.65. The molecule has 102 valence electrons. The molecule has 20 heavy (non-hydrogen) atoms. The van der Waals surface area contributed by atoms with Crippen molar-refractivity contribution in [1.29, 1.82) is 5.26 Å². The number of hydrogen-bond donors (Lipinski definition) is 1. The number of nitriles is 1. The van der Waals surface area contributed by atoms with Crippen LogP contribution >= 0.6 is 0 Å². The minimum atomic E-state index is -0.245. The Balaban J connectivity index is 2.15. The van der Waals surface area contributed by atoms with Gasteiger partial charge in [-0.1, -0.05) is 18.2 Å². The molecular weight excluding hydrogens is 250 g/mol. The van der Waals surface area contributed by atoms with Crippen LogP contribution in [0.4, 0.5) is 0 Å². The summed E-state index contributed by atoms with van der Waals surface area (Å²) in [7, 11) is 0. The number of benzene rings is 1. The molecule has 0 aliphatic rings. The van der Waals surface area contributed by atoms with Crippen LogP contribution in [-0.2, 0) is 6.42 Å². The first kappa shape index (κ1) is 14.0. The Morgan fingerprint density at radius 2 is 2.05 bits per heavy atom. The van der Waals surface area contributed by atoms with Crippen LogP contribution in [0.5, 0.6) is 5.75 Å². The first-order valence-corrected chi connectivity index (χ1v) is 6.49. The molecule has 2 rings (SSSR count). The van der Waals surface area contributed by atoms with Gasteiger partial charge in [-0.05, 0) is 30.7 Å². The van der Waals surface area contributed by atoms with Crippen molar-refractivity contribution in [3.8, 4) is 11.8 Å². The van der Waals surface area contributed by atoms with Crippen molar-refractivity contribution in [2.24, 2.45) is 5.73 Å². The van der Waals surface area contributed by atoms with Gasteiger partial charge in [0.25, 0.3) is 0 Å². The van der Waals surface area contributed by atoms with Gasteiger partial charge in [-0.25, -0.2) is 0 Å². The van der Waals surface area contributed by atoms with Gasteiger partial charge in [-0.3, -0.25) is 4.98 Å². The summed E-state index contributed by atoms with van der Waals surface area (Å²) >= 11 is 0. The minimum absolute atomic E-state index is 0.155. The maximum atomic E-state index is 8.65. The van der Waals surface area contributed by atoms with Gasteiger partial charge < -0.3 is 10.5 Å². The number of rotatable bonds is 5. The lowest BCUT2D eigenvalue weighted by molar-refractivity contribution is 0.180. The van der Waals surface area contributed by atoms with Crippen molar-refractivity contribution in [1.82, 2.24) is 4.98 Å². The lowest BCUT2D eigenvalue weighted by atomic mass is 10.1. The van der Waals surface area contributed by atoms with E-state index in [2.05, 4.69) is 11.1 Å². The molecule has 0 fully saturated rings. The molecule has 0 bridgehead atoms. The summed E-state index contributed by atoms with van der Waals surface area (Å²) in [6, 6.07) is 13.3. The SMILES string of the molecule is CC(N)C(Oc1ccc(CC#N)cc1)c1cccnc1. The number of nitrogens with two attached hydrogens (primary N) is 1. The minimum Gasteiger partial charge on any atom is -0.484 e. The lowest BCUT2D eigenvalue weighted by Gasteiger charge is -2.22. The van der Waals surface area contributed by atoms with Gasteiger partial charge in [0, 0.05) is 24.0 Å². The summed E-state index contributed by atoms with van der Waals surface area (Å²) in [6.07, 6.45) is 3.64. The van der Waals surface area contributed by atoms with Crippen molar-refractivity contribution in [2.45, 2.75) is 25.5 Å². The number of ether oxygens (including phenoxy) is 1. The standard InChI is InChI=1S/C16H17N3O/c1-12(18)16(14-3-2-10-19-11-14)20-15-6-4-13(5-7-15)8-9-17/h2-7,10-12,16H,8,18H2,1H3. The zero-order chi connectivity index (χ0) is 14.4. The van der Waals surface area contributed by atoms with Gasteiger partial charge in [-0.15, -0.1) is 0 Å². The largest absolute Gasteiger partial charge is 0.484 e. The molecule has 0 saturated carbocycles. The monoisotopic (exact) mass is 267 g/mol. The summed E-state index contributed by atoms with van der Waals surface area (Å²) in [5.74, 6) is 0.734. The van der Waals surface area contributed by atoms with Crippen LogP contribution in [-0.4, -0.2) is 11.0 Å². The van der Waals surface area contributed by atoms with Crippen molar-refractivity contribution in [3.05, 3.63) is 59.9 Å². The molecule has 0 amide bonds. The van der Waals surface area contributed by atoms with Crippen molar-refractivity contribution in [2.75, 3.05) is 0 Å². The Morgan fingerprint density at radius 1 is 1.30 bits per heavy atom. The highest BCUT2D eigenvalue weighted by Gasteiger charge is 2.18. The highest BCUT2D eigenvalue weighted by atomic mass is 16.5. The van der Waals surface area contributed by atoms with Crippen molar-refractivity contribution >= 4 is 0 Å². The lowest BCUT2D eigenvalue weighted by Crippen LogP contribution is -2.29. The Hall–Kier alpha value is -2.38. The van der Waals surface area contributed by atoms with E-state index in [1.165, 1.54) is 0 Å². The van der Waals surface area contributed by atoms with E-state index in [9.17, 15) is 0 Å². The van der Waals surface area contributed by atoms with Crippen LogP contribution in [0.2, 0.25) is 0 Å². The zero-order valence-corrected chi connectivity index (χ0v) is 11.4. The summed E-state index contributed by atoms with van der Waals surface area (Å²) in [6.45, 7) is 1.90. The van der Waals surface area contributed by atoms with Crippen LogP contribution in [0, 0.1) is 11.3 Å². The Morgan fingerprint density at radius 3 is 2.60 bits per heavy atom. The third kappa shape index (κ3) is 3.56. The van der Waals surface area contributed by atoms with Crippen molar-refractivity contribution in [3.63, 3.8) is 0 Å². The van der Waals surface area contributed by atoms with E-state index in [0.717, 1.165) is 16.9 Å². The molecule has 0 aliphatic heterocycles. The highest BCUT2D eigenvalue weighted by Crippen LogP contribution is 2.24. The predicted molar refractivity (Wildman–Crippen MR) is 77.0 cm³/mol. The van der Waals surface area contributed by atoms with E-state index in [1.54, 1.807) is 12.4 Å². The predicted octanol–water partition coefficient (Wildman–Crippen LogP) is 2.61. The first-order chi connectivity index (χ1) is 9.70. The molecule has 4 heteroatoms. The molecule has 2 aromatic rings. The third-order valence-electron chi connectivity index (χ3n) is 2.96. The Kier molecular flexibility index (Phi) is 4.70. The highest BCUT2D eigenvalue weighted by molar-refractivity contribution is 5.30. The molecule has 0 radical (unpaired) electrons. The second-order valence-corrected chi connectivity index (χ2v) is 4.66. The van der Waals surface area contributed by atoms with Crippen LogP contribution in [0.15, 0.2) is 48.8 Å². The average molecular weight is 267 g/mol. The van der Waals surface area contributed by atoms with E-state index in [4.69, 9.17) is 15.7 Å². The first-order valence-electron chi connectivity index (χ1n) is 6.49. The molecule has 0 saturated heterocycles. The molecule has 0 aliphatic carbocycles. The fourth-order valence-electron chi connectivity index (χ4n) is 1.95. The Bertz CT molecular complexity index is 573. The maximum absolute atomic E-state index is 8.65. The number of nitrogens with zero attached hydrogens (tertiary/aromatic N) is 2. The number of pyridine rings is 1. The molecule has 2 atom stereocenters. The van der Waals surface area contributed by atoms with Gasteiger partial charge in [-0.2, -0.15) is 5.26 Å². The van der Waals surface area contributed by atoms with E-state index in [1.807, 2.05) is 43.3 Å². The van der Waals surface area contributed by atoms with E-state index in [0.29, 0.717) is 6.42 Å². The number of hydrogen-bond acceptors (Lipinski definition) is 4. The quantitative estimate of drug-likeness (QED) is 0.903. The second kappa shape index (κ2) is 6.69. The maximum Gasteiger partial charge on any atom is 0.140 e. The van der Waals surface area contributed by atoms with E-state index >= 15 is 0 Å². The third-order valence-corrected chi connectivity index (χ3v) is 2.96. The summed E-state index contributed by atoms with van der Waals surface area (Å²) in [5.41, 5.74) is 7.92. The normalized spacial score (nSPS) is 13.2. The average Bonchev–Trinajstić information content (AvgIpc) is 2.47. The molecular formula is C16H17N3O. The molecule has 1 aromatic carbocycles. The molecule has 4 nitrogen and oxygen atoms in total. The van der Waals surface area contributed by atoms with Gasteiger partial charge >= 0.3 is 0 Å². The molecule has 1 aromatic heterocycles. The molecule has 2 unspecified atom stereocenters. The fraction of sp³-hybridized carbons (Fsp3) is 0.250. The zero-order valence-electron chi connectivity index (χ0n) is 11.4. The van der Waals surface area contributed by atoms with Crippen LogP contribution in [0.25, 0.3) is 0 Å². The Labute approximate surface area is 118 Å². The van der Waals surface area contributed by atoms with Gasteiger partial charge in [0.05, 0.1) is 12.5 Å². The van der Waals surface area contributed by atoms with Crippen LogP contribution < -0.4 is 10.5 Å². The van der Waals surface area contributed by atoms with Crippen LogP contribution in [0.1, 0.15) is 24.2 Å². The topological polar surface area (TPSA) is 71.9 Å². The molecule has 0 spiro atoms. The van der Waals surface area contributed by atoms with Gasteiger partial charge in [0.1, 0.15) is 11.9 Å². The second-order valence-electron chi connectivity index (χ2n) is 4.66. The molecule has 1 heterocycles. The summed E-state index contributed by atoms with van der Waals surface area (Å²) < 4.78 is 5.95. The summed E-state index contributed by atoms with van der Waals surface area (Å²) in [4.78, 5) is 4.10. The van der Waals surface area contributed by atoms with Gasteiger partial charge in [0.2, 0.25) is 0 Å². The number of aromatic nitrogens is 1. The van der Waals surface area contributed by atoms with E-state index in [-0.39, 0.29) is 12.1 Å². The fourth-order valence-corrected chi connectivity index (χ4v) is 1.95. The smallest absolute Gasteiger partial charge is 0.140 e. The van der Waals surface area contributed by atoms with Gasteiger partial charge in [0.15, 0.2) is 0 Å². The molecule has 2 N–H and O–H groups in total. The van der Waals surface area contributed by atoms with E-state index < -0.39 is 0 Å². The van der Waals surface area contributed by atoms with Crippen LogP contribution in [0.3, 0.4) is 0 Å².